The Hall–Kier alpha value is -1.21. The molecule has 2 rings (SSSR count). The molecule has 0 aromatic carbocycles. The van der Waals surface area contributed by atoms with Crippen molar-refractivity contribution in [3.8, 4) is 0 Å². The zero-order valence-corrected chi connectivity index (χ0v) is 15.2. The Kier molecular flexibility index (Phi) is 6.20. The fraction of sp³-hybridized carbons (Fsp3) is 0.722. The molecule has 1 saturated heterocycles. The minimum absolute atomic E-state index is 0.283. The molecule has 6 heteroatoms. The highest BCUT2D eigenvalue weighted by atomic mass is 16.8. The van der Waals surface area contributed by atoms with Gasteiger partial charge in [0.15, 0.2) is 12.1 Å². The van der Waals surface area contributed by atoms with E-state index in [9.17, 15) is 4.79 Å². The third-order valence-electron chi connectivity index (χ3n) is 4.02. The van der Waals surface area contributed by atoms with E-state index in [-0.39, 0.29) is 30.6 Å². The first kappa shape index (κ1) is 19.1. The van der Waals surface area contributed by atoms with Crippen molar-refractivity contribution in [1.29, 1.82) is 0 Å². The van der Waals surface area contributed by atoms with Crippen LogP contribution in [0.25, 0.3) is 0 Å². The van der Waals surface area contributed by atoms with E-state index in [4.69, 9.17) is 23.7 Å². The Labute approximate surface area is 143 Å². The molecule has 1 aliphatic heterocycles. The van der Waals surface area contributed by atoms with E-state index in [1.165, 1.54) is 6.08 Å². The molecule has 0 amide bonds. The van der Waals surface area contributed by atoms with Gasteiger partial charge in [-0.25, -0.2) is 4.79 Å². The van der Waals surface area contributed by atoms with Gasteiger partial charge in [-0.05, 0) is 45.8 Å². The van der Waals surface area contributed by atoms with E-state index in [2.05, 4.69) is 6.58 Å². The zero-order valence-electron chi connectivity index (χ0n) is 15.2. The van der Waals surface area contributed by atoms with Crippen LogP contribution < -0.4 is 0 Å². The van der Waals surface area contributed by atoms with Gasteiger partial charge in [0.1, 0.15) is 12.2 Å². The minimum Gasteiger partial charge on any atom is -0.463 e. The van der Waals surface area contributed by atoms with E-state index in [0.717, 1.165) is 11.1 Å². The summed E-state index contributed by atoms with van der Waals surface area (Å²) in [5, 5.41) is 0. The van der Waals surface area contributed by atoms with Crippen molar-refractivity contribution < 1.29 is 28.5 Å². The molecule has 1 saturated carbocycles. The van der Waals surface area contributed by atoms with Gasteiger partial charge in [-0.15, -0.1) is 0 Å². The minimum atomic E-state index is -0.728. The quantitative estimate of drug-likeness (QED) is 0.421. The Bertz CT molecular complexity index is 510. The number of hydrogen-bond donors (Lipinski definition) is 0. The van der Waals surface area contributed by atoms with E-state index in [1.807, 2.05) is 27.7 Å². The highest BCUT2D eigenvalue weighted by Crippen LogP contribution is 2.42. The SMILES string of the molecule is C=C1C(=CC(=O)OCC)CC(OC(C)OCC)C2OC(C)(C)OC12. The monoisotopic (exact) mass is 340 g/mol. The lowest BCUT2D eigenvalue weighted by Crippen LogP contribution is -2.44. The molecule has 2 aliphatic rings. The lowest BCUT2D eigenvalue weighted by Gasteiger charge is -2.35. The molecule has 4 unspecified atom stereocenters. The molecule has 0 aromatic rings. The van der Waals surface area contributed by atoms with E-state index in [1.54, 1.807) is 6.92 Å². The largest absolute Gasteiger partial charge is 0.463 e. The van der Waals surface area contributed by atoms with Crippen molar-refractivity contribution in [2.24, 2.45) is 0 Å². The van der Waals surface area contributed by atoms with Crippen LogP contribution in [0.1, 0.15) is 41.0 Å². The van der Waals surface area contributed by atoms with Gasteiger partial charge in [-0.1, -0.05) is 6.58 Å². The van der Waals surface area contributed by atoms with Crippen LogP contribution >= 0.6 is 0 Å². The molecule has 0 aromatic heterocycles. The smallest absolute Gasteiger partial charge is 0.331 e. The molecule has 0 spiro atoms. The van der Waals surface area contributed by atoms with Gasteiger partial charge in [-0.2, -0.15) is 0 Å². The standard InChI is InChI=1S/C18H28O6/c1-7-20-12(4)22-14-9-13(10-15(19)21-8-2)11(3)16-17(14)24-18(5,6)23-16/h10,12,14,16-17H,3,7-9H2,1-2,4-6H3. The van der Waals surface area contributed by atoms with Crippen molar-refractivity contribution in [1.82, 2.24) is 0 Å². The third-order valence-corrected chi connectivity index (χ3v) is 4.02. The number of carbonyl (C=O) groups excluding carboxylic acids is 1. The number of ether oxygens (including phenoxy) is 5. The summed E-state index contributed by atoms with van der Waals surface area (Å²) in [5.41, 5.74) is 1.51. The van der Waals surface area contributed by atoms with Gasteiger partial charge in [0.05, 0.1) is 12.7 Å². The molecule has 136 valence electrons. The fourth-order valence-electron chi connectivity index (χ4n) is 3.10. The normalized spacial score (nSPS) is 31.8. The molecule has 0 N–H and O–H groups in total. The van der Waals surface area contributed by atoms with Crippen LogP contribution in [0.5, 0.6) is 0 Å². The first-order valence-corrected chi connectivity index (χ1v) is 8.46. The molecule has 24 heavy (non-hydrogen) atoms. The lowest BCUT2D eigenvalue weighted by atomic mass is 9.84. The Morgan fingerprint density at radius 3 is 2.71 bits per heavy atom. The molecule has 1 heterocycles. The zero-order chi connectivity index (χ0) is 17.9. The molecule has 0 bridgehead atoms. The van der Waals surface area contributed by atoms with Gasteiger partial charge in [0.25, 0.3) is 0 Å². The van der Waals surface area contributed by atoms with Crippen molar-refractivity contribution in [3.05, 3.63) is 23.8 Å². The van der Waals surface area contributed by atoms with Gasteiger partial charge in [-0.3, -0.25) is 0 Å². The van der Waals surface area contributed by atoms with Crippen LogP contribution in [0, 0.1) is 0 Å². The molecule has 2 fully saturated rings. The van der Waals surface area contributed by atoms with Crippen LogP contribution in [-0.2, 0) is 28.5 Å². The van der Waals surface area contributed by atoms with Crippen LogP contribution in [0.15, 0.2) is 23.8 Å². The summed E-state index contributed by atoms with van der Waals surface area (Å²) >= 11 is 0. The van der Waals surface area contributed by atoms with Crippen LogP contribution in [0.4, 0.5) is 0 Å². The van der Waals surface area contributed by atoms with Crippen molar-refractivity contribution in [3.63, 3.8) is 0 Å². The summed E-state index contributed by atoms with van der Waals surface area (Å²) in [5.74, 6) is -1.12. The second kappa shape index (κ2) is 7.78. The first-order valence-electron chi connectivity index (χ1n) is 8.46. The summed E-state index contributed by atoms with van der Waals surface area (Å²) in [7, 11) is 0. The third kappa shape index (κ3) is 4.45. The number of carbonyl (C=O) groups is 1. The van der Waals surface area contributed by atoms with Crippen LogP contribution in [0.2, 0.25) is 0 Å². The van der Waals surface area contributed by atoms with E-state index < -0.39 is 5.79 Å². The van der Waals surface area contributed by atoms with Gasteiger partial charge >= 0.3 is 5.97 Å². The Morgan fingerprint density at radius 2 is 2.08 bits per heavy atom. The molecule has 4 atom stereocenters. The maximum absolute atomic E-state index is 11.8. The summed E-state index contributed by atoms with van der Waals surface area (Å²) in [6.45, 7) is 14.2. The molecule has 6 nitrogen and oxygen atoms in total. The second-order valence-electron chi connectivity index (χ2n) is 6.37. The average Bonchev–Trinajstić information content (AvgIpc) is 2.81. The number of hydrogen-bond acceptors (Lipinski definition) is 6. The second-order valence-corrected chi connectivity index (χ2v) is 6.37. The molecular formula is C18H28O6. The highest BCUT2D eigenvalue weighted by Gasteiger charge is 2.50. The number of fused-ring (bicyclic) bond motifs is 1. The van der Waals surface area contributed by atoms with Crippen LogP contribution in [0.3, 0.4) is 0 Å². The van der Waals surface area contributed by atoms with Crippen molar-refractivity contribution in [2.75, 3.05) is 13.2 Å². The Morgan fingerprint density at radius 1 is 1.38 bits per heavy atom. The predicted molar refractivity (Wildman–Crippen MR) is 88.3 cm³/mol. The van der Waals surface area contributed by atoms with Crippen molar-refractivity contribution in [2.45, 2.75) is 71.4 Å². The van der Waals surface area contributed by atoms with Crippen LogP contribution in [-0.4, -0.2) is 49.6 Å². The Balaban J connectivity index is 2.22. The maximum Gasteiger partial charge on any atom is 0.331 e. The molecular weight excluding hydrogens is 312 g/mol. The topological polar surface area (TPSA) is 63.2 Å². The van der Waals surface area contributed by atoms with Gasteiger partial charge < -0.3 is 23.7 Å². The predicted octanol–water partition coefficient (Wildman–Crippen LogP) is 2.72. The maximum atomic E-state index is 11.8. The first-order chi connectivity index (χ1) is 11.3. The summed E-state index contributed by atoms with van der Waals surface area (Å²) < 4.78 is 28.5. The average molecular weight is 340 g/mol. The fourth-order valence-corrected chi connectivity index (χ4v) is 3.10. The molecule has 1 aliphatic carbocycles. The number of esters is 1. The lowest BCUT2D eigenvalue weighted by molar-refractivity contribution is -0.200. The van der Waals surface area contributed by atoms with Gasteiger partial charge in [0, 0.05) is 19.1 Å². The van der Waals surface area contributed by atoms with E-state index >= 15 is 0 Å². The highest BCUT2D eigenvalue weighted by molar-refractivity contribution is 5.84. The summed E-state index contributed by atoms with van der Waals surface area (Å²) in [4.78, 5) is 11.8. The van der Waals surface area contributed by atoms with E-state index in [0.29, 0.717) is 19.6 Å². The summed E-state index contributed by atoms with van der Waals surface area (Å²) in [6.07, 6.45) is 0.671. The number of rotatable bonds is 6. The summed E-state index contributed by atoms with van der Waals surface area (Å²) in [6, 6.07) is 0. The van der Waals surface area contributed by atoms with Crippen molar-refractivity contribution >= 4 is 5.97 Å². The van der Waals surface area contributed by atoms with Gasteiger partial charge in [0.2, 0.25) is 0 Å². The molecule has 0 radical (unpaired) electrons.